The number of ether oxygens (including phenoxy) is 2. The van der Waals surface area contributed by atoms with Gasteiger partial charge in [-0.15, -0.1) is 0 Å². The third kappa shape index (κ3) is 11.9. The molecule has 0 unspecified atom stereocenters. The second-order valence-electron chi connectivity index (χ2n) is 6.05. The average Bonchev–Trinajstić information content (AvgIpc) is 2.64. The van der Waals surface area contributed by atoms with Crippen LogP contribution in [-0.2, 0) is 4.84 Å². The van der Waals surface area contributed by atoms with Crippen LogP contribution in [0.25, 0.3) is 0 Å². The van der Waals surface area contributed by atoms with Crippen molar-refractivity contribution >= 4 is 52.6 Å². The van der Waals surface area contributed by atoms with E-state index in [0.29, 0.717) is 34.8 Å². The van der Waals surface area contributed by atoms with Gasteiger partial charge in [0.05, 0.1) is 16.7 Å². The Hall–Kier alpha value is -0.810. The Morgan fingerprint density at radius 2 is 1.68 bits per heavy atom. The highest BCUT2D eigenvalue weighted by atomic mass is 35.5. The number of rotatable bonds is 15. The van der Waals surface area contributed by atoms with Gasteiger partial charge in [-0.25, -0.2) is 0 Å². The molecule has 1 aromatic carbocycles. The van der Waals surface area contributed by atoms with Crippen LogP contribution in [0, 0.1) is 0 Å². The quantitative estimate of drug-likeness (QED) is 0.149. The van der Waals surface area contributed by atoms with E-state index in [9.17, 15) is 0 Å². The van der Waals surface area contributed by atoms with E-state index in [1.54, 1.807) is 12.1 Å². The number of nitrogens with zero attached hydrogens (tertiary/aromatic N) is 1. The summed E-state index contributed by atoms with van der Waals surface area (Å²) in [7, 11) is 0. The van der Waals surface area contributed by atoms with Gasteiger partial charge in [0.15, 0.2) is 5.75 Å². The van der Waals surface area contributed by atoms with Crippen molar-refractivity contribution < 1.29 is 14.3 Å². The lowest BCUT2D eigenvalue weighted by Gasteiger charge is -2.12. The number of unbranched alkanes of at least 4 members (excludes halogenated alkanes) is 5. The normalized spacial score (nSPS) is 10.9. The molecule has 0 saturated carbocycles. The molecule has 4 nitrogen and oxygen atoms in total. The third-order valence-electron chi connectivity index (χ3n) is 3.67. The van der Waals surface area contributed by atoms with Gasteiger partial charge in [-0.3, -0.25) is 0 Å². The number of benzene rings is 1. The minimum absolute atomic E-state index is 0.140. The number of halogens is 4. The van der Waals surface area contributed by atoms with E-state index in [2.05, 4.69) is 12.1 Å². The summed E-state index contributed by atoms with van der Waals surface area (Å²) < 4.78 is 11.3. The van der Waals surface area contributed by atoms with Crippen LogP contribution in [0.3, 0.4) is 0 Å². The molecule has 0 aromatic heterocycles. The highest BCUT2D eigenvalue weighted by Gasteiger charge is 2.10. The molecular formula is C20H27Cl4NO3. The summed E-state index contributed by atoms with van der Waals surface area (Å²) in [5.74, 6) is 0.968. The fraction of sp³-hybridized carbons (Fsp3) is 0.550. The smallest absolute Gasteiger partial charge is 0.156 e. The Morgan fingerprint density at radius 3 is 2.36 bits per heavy atom. The number of hydrogen-bond acceptors (Lipinski definition) is 4. The SMILES string of the molecule is CCCCCC=NOCCCCCOc1c(Cl)cc(OCC=C(Cl)Cl)cc1Cl. The molecule has 28 heavy (non-hydrogen) atoms. The maximum absolute atomic E-state index is 6.23. The molecule has 0 aliphatic rings. The molecule has 0 aliphatic heterocycles. The monoisotopic (exact) mass is 469 g/mol. The molecule has 0 saturated heterocycles. The van der Waals surface area contributed by atoms with Crippen molar-refractivity contribution in [3.8, 4) is 11.5 Å². The van der Waals surface area contributed by atoms with Crippen LogP contribution in [0.1, 0.15) is 51.9 Å². The summed E-state index contributed by atoms with van der Waals surface area (Å²) in [5, 5.41) is 4.74. The van der Waals surface area contributed by atoms with Gasteiger partial charge in [-0.1, -0.05) is 71.3 Å². The molecule has 0 atom stereocenters. The van der Waals surface area contributed by atoms with Gasteiger partial charge in [0, 0.05) is 18.3 Å². The zero-order valence-corrected chi connectivity index (χ0v) is 19.1. The lowest BCUT2D eigenvalue weighted by atomic mass is 10.2. The van der Waals surface area contributed by atoms with Gasteiger partial charge < -0.3 is 14.3 Å². The van der Waals surface area contributed by atoms with Gasteiger partial charge in [-0.2, -0.15) is 0 Å². The maximum atomic E-state index is 6.23. The average molecular weight is 471 g/mol. The van der Waals surface area contributed by atoms with E-state index in [1.807, 2.05) is 6.21 Å². The molecule has 0 aliphatic carbocycles. The Labute approximate surface area is 187 Å². The van der Waals surface area contributed by atoms with Gasteiger partial charge in [0.2, 0.25) is 0 Å². The van der Waals surface area contributed by atoms with Crippen LogP contribution in [-0.4, -0.2) is 26.0 Å². The fourth-order valence-electron chi connectivity index (χ4n) is 2.22. The predicted octanol–water partition coefficient (Wildman–Crippen LogP) is 7.82. The van der Waals surface area contributed by atoms with Gasteiger partial charge in [0.25, 0.3) is 0 Å². The molecule has 0 amide bonds. The summed E-state index contributed by atoms with van der Waals surface area (Å²) in [5.41, 5.74) is 0. The molecular weight excluding hydrogens is 444 g/mol. The molecule has 0 heterocycles. The topological polar surface area (TPSA) is 40.0 Å². The number of oxime groups is 1. The van der Waals surface area contributed by atoms with Crippen molar-refractivity contribution in [2.24, 2.45) is 5.16 Å². The number of hydrogen-bond donors (Lipinski definition) is 0. The molecule has 0 spiro atoms. The zero-order chi connectivity index (χ0) is 20.6. The van der Waals surface area contributed by atoms with E-state index in [1.165, 1.54) is 18.9 Å². The van der Waals surface area contributed by atoms with Crippen LogP contribution in [0.15, 0.2) is 27.9 Å². The molecule has 0 bridgehead atoms. The minimum atomic E-state index is 0.140. The largest absolute Gasteiger partial charge is 0.490 e. The Morgan fingerprint density at radius 1 is 0.964 bits per heavy atom. The summed E-state index contributed by atoms with van der Waals surface area (Å²) in [4.78, 5) is 5.23. The first kappa shape index (κ1) is 25.2. The van der Waals surface area contributed by atoms with E-state index >= 15 is 0 Å². The molecule has 0 fully saturated rings. The third-order valence-corrected chi connectivity index (χ3v) is 4.54. The Balaban J connectivity index is 2.20. The van der Waals surface area contributed by atoms with Crippen LogP contribution >= 0.6 is 46.4 Å². The first-order valence-corrected chi connectivity index (χ1v) is 10.9. The van der Waals surface area contributed by atoms with Crippen molar-refractivity contribution in [3.05, 3.63) is 32.7 Å². The van der Waals surface area contributed by atoms with Crippen LogP contribution in [0.5, 0.6) is 11.5 Å². The zero-order valence-electron chi connectivity index (χ0n) is 16.1. The predicted molar refractivity (Wildman–Crippen MR) is 120 cm³/mol. The minimum Gasteiger partial charge on any atom is -0.490 e. The summed E-state index contributed by atoms with van der Waals surface area (Å²) in [6, 6.07) is 3.29. The lowest BCUT2D eigenvalue weighted by Crippen LogP contribution is -2.00. The molecule has 1 aromatic rings. The van der Waals surface area contributed by atoms with Crippen molar-refractivity contribution in [3.63, 3.8) is 0 Å². The van der Waals surface area contributed by atoms with Gasteiger partial charge >= 0.3 is 0 Å². The maximum Gasteiger partial charge on any atom is 0.156 e. The van der Waals surface area contributed by atoms with E-state index in [4.69, 9.17) is 60.7 Å². The molecule has 8 heteroatoms. The van der Waals surface area contributed by atoms with Gasteiger partial charge in [-0.05, 0) is 38.2 Å². The first-order chi connectivity index (χ1) is 13.5. The highest BCUT2D eigenvalue weighted by Crippen LogP contribution is 2.37. The molecule has 158 valence electrons. The summed E-state index contributed by atoms with van der Waals surface area (Å²) in [6.45, 7) is 3.53. The Bertz CT molecular complexity index is 596. The summed E-state index contributed by atoms with van der Waals surface area (Å²) in [6.07, 6.45) is 10.7. The van der Waals surface area contributed by atoms with E-state index in [-0.39, 0.29) is 11.1 Å². The van der Waals surface area contributed by atoms with Crippen molar-refractivity contribution in [1.82, 2.24) is 0 Å². The molecule has 0 radical (unpaired) electrons. The lowest BCUT2D eigenvalue weighted by molar-refractivity contribution is 0.139. The molecule has 0 N–H and O–H groups in total. The first-order valence-electron chi connectivity index (χ1n) is 9.44. The summed E-state index contributed by atoms with van der Waals surface area (Å²) >= 11 is 23.5. The van der Waals surface area contributed by atoms with Crippen LogP contribution in [0.2, 0.25) is 10.0 Å². The van der Waals surface area contributed by atoms with E-state index < -0.39 is 0 Å². The fourth-order valence-corrected chi connectivity index (χ4v) is 2.92. The Kier molecular flexibility index (Phi) is 14.4. The molecule has 1 rings (SSSR count). The second kappa shape index (κ2) is 16.0. The van der Waals surface area contributed by atoms with Crippen molar-refractivity contribution in [2.75, 3.05) is 19.8 Å². The second-order valence-corrected chi connectivity index (χ2v) is 7.87. The van der Waals surface area contributed by atoms with Crippen molar-refractivity contribution in [1.29, 1.82) is 0 Å². The standard InChI is InChI=1S/C20H27Cl4NO3/c1-2-3-4-6-10-25-28-12-8-5-7-11-27-20-17(21)14-16(15-18(20)22)26-13-9-19(23)24/h9-10,14-15H,2-8,11-13H2,1H3. The van der Waals surface area contributed by atoms with E-state index in [0.717, 1.165) is 32.1 Å². The van der Waals surface area contributed by atoms with Crippen LogP contribution < -0.4 is 9.47 Å². The van der Waals surface area contributed by atoms with Crippen molar-refractivity contribution in [2.45, 2.75) is 51.9 Å². The highest BCUT2D eigenvalue weighted by molar-refractivity contribution is 6.55. The van der Waals surface area contributed by atoms with Gasteiger partial charge in [0.1, 0.15) is 23.5 Å². The van der Waals surface area contributed by atoms with Crippen LogP contribution in [0.4, 0.5) is 0 Å².